The second kappa shape index (κ2) is 7.08. The van der Waals surface area contributed by atoms with Gasteiger partial charge in [-0.05, 0) is 41.1 Å². The smallest absolute Gasteiger partial charge is 0.224 e. The molecule has 2 heterocycles. The molecule has 1 aromatic rings. The molecule has 1 unspecified atom stereocenters. The number of halogens is 1. The van der Waals surface area contributed by atoms with Crippen LogP contribution in [-0.4, -0.2) is 29.6 Å². The Bertz CT molecular complexity index is 410. The minimum absolute atomic E-state index is 0.735. The molecular weight excluding hydrogens is 304 g/mol. The molecule has 1 N–H and O–H groups in total. The third-order valence-electron chi connectivity index (χ3n) is 3.54. The summed E-state index contributed by atoms with van der Waals surface area (Å²) in [6, 6.07) is 0. The van der Waals surface area contributed by atoms with Gasteiger partial charge in [0.15, 0.2) is 0 Å². The lowest BCUT2D eigenvalue weighted by atomic mass is 10.0. The monoisotopic (exact) mass is 326 g/mol. The van der Waals surface area contributed by atoms with Gasteiger partial charge in [-0.2, -0.15) is 4.98 Å². The van der Waals surface area contributed by atoms with E-state index >= 15 is 0 Å². The first kappa shape index (κ1) is 14.6. The van der Waals surface area contributed by atoms with Crippen LogP contribution in [0.15, 0.2) is 10.7 Å². The zero-order valence-electron chi connectivity index (χ0n) is 11.8. The predicted octanol–water partition coefficient (Wildman–Crippen LogP) is 3.69. The molecule has 0 radical (unpaired) electrons. The maximum absolute atomic E-state index is 4.64. The molecule has 1 atom stereocenters. The van der Waals surface area contributed by atoms with Gasteiger partial charge in [0.25, 0.3) is 0 Å². The van der Waals surface area contributed by atoms with Gasteiger partial charge in [-0.15, -0.1) is 0 Å². The molecule has 5 heteroatoms. The van der Waals surface area contributed by atoms with Crippen molar-refractivity contribution in [2.75, 3.05) is 29.9 Å². The lowest BCUT2D eigenvalue weighted by molar-refractivity contribution is 0.529. The van der Waals surface area contributed by atoms with Crippen LogP contribution in [0.25, 0.3) is 0 Å². The fourth-order valence-corrected chi connectivity index (χ4v) is 3.01. The average Bonchev–Trinajstić information content (AvgIpc) is 2.87. The SMILES string of the molecule is CCCNc1ncc(Br)c(N2CCC(CCC)C2)n1. The summed E-state index contributed by atoms with van der Waals surface area (Å²) >= 11 is 3.57. The average molecular weight is 327 g/mol. The first-order chi connectivity index (χ1) is 9.24. The number of nitrogens with zero attached hydrogens (tertiary/aromatic N) is 3. The standard InChI is InChI=1S/C14H23BrN4/c1-3-5-11-6-8-19(10-11)13-12(15)9-17-14(18-13)16-7-4-2/h9,11H,3-8,10H2,1-2H3,(H,16,17,18). The third-order valence-corrected chi connectivity index (χ3v) is 4.10. The second-order valence-electron chi connectivity index (χ2n) is 5.18. The van der Waals surface area contributed by atoms with E-state index in [1.54, 1.807) is 0 Å². The van der Waals surface area contributed by atoms with E-state index in [2.05, 4.69) is 50.0 Å². The molecule has 1 saturated heterocycles. The summed E-state index contributed by atoms with van der Waals surface area (Å²) in [7, 11) is 0. The van der Waals surface area contributed by atoms with E-state index in [1.807, 2.05) is 6.20 Å². The Hall–Kier alpha value is -0.840. The highest BCUT2D eigenvalue weighted by Gasteiger charge is 2.24. The van der Waals surface area contributed by atoms with E-state index in [4.69, 9.17) is 0 Å². The molecule has 2 rings (SSSR count). The van der Waals surface area contributed by atoms with Crippen molar-refractivity contribution in [3.63, 3.8) is 0 Å². The van der Waals surface area contributed by atoms with E-state index in [0.29, 0.717) is 0 Å². The van der Waals surface area contributed by atoms with Crippen molar-refractivity contribution in [2.24, 2.45) is 5.92 Å². The van der Waals surface area contributed by atoms with Crippen LogP contribution in [-0.2, 0) is 0 Å². The molecule has 4 nitrogen and oxygen atoms in total. The van der Waals surface area contributed by atoms with Crippen LogP contribution in [0, 0.1) is 5.92 Å². The Morgan fingerprint density at radius 1 is 1.42 bits per heavy atom. The molecule has 1 fully saturated rings. The van der Waals surface area contributed by atoms with Crippen molar-refractivity contribution in [2.45, 2.75) is 39.5 Å². The number of aromatic nitrogens is 2. The Balaban J connectivity index is 2.06. The summed E-state index contributed by atoms with van der Waals surface area (Å²) in [6.07, 6.45) is 6.80. The highest BCUT2D eigenvalue weighted by molar-refractivity contribution is 9.10. The highest BCUT2D eigenvalue weighted by Crippen LogP contribution is 2.30. The highest BCUT2D eigenvalue weighted by atomic mass is 79.9. The minimum atomic E-state index is 0.735. The zero-order valence-corrected chi connectivity index (χ0v) is 13.4. The van der Waals surface area contributed by atoms with Crippen molar-refractivity contribution in [1.29, 1.82) is 0 Å². The quantitative estimate of drug-likeness (QED) is 0.865. The summed E-state index contributed by atoms with van der Waals surface area (Å²) in [6.45, 7) is 7.54. The van der Waals surface area contributed by atoms with Crippen LogP contribution >= 0.6 is 15.9 Å². The van der Waals surface area contributed by atoms with Gasteiger partial charge in [0.05, 0.1) is 4.47 Å². The number of rotatable bonds is 6. The topological polar surface area (TPSA) is 41.1 Å². The van der Waals surface area contributed by atoms with Crippen LogP contribution in [0.1, 0.15) is 39.5 Å². The molecule has 19 heavy (non-hydrogen) atoms. The molecule has 0 bridgehead atoms. The van der Waals surface area contributed by atoms with Gasteiger partial charge >= 0.3 is 0 Å². The molecule has 0 aromatic carbocycles. The van der Waals surface area contributed by atoms with Crippen molar-refractivity contribution >= 4 is 27.7 Å². The first-order valence-electron chi connectivity index (χ1n) is 7.26. The van der Waals surface area contributed by atoms with Crippen molar-refractivity contribution in [1.82, 2.24) is 9.97 Å². The first-order valence-corrected chi connectivity index (χ1v) is 8.05. The Kier molecular flexibility index (Phi) is 5.43. The van der Waals surface area contributed by atoms with Gasteiger partial charge in [0.2, 0.25) is 5.95 Å². The number of nitrogens with one attached hydrogen (secondary N) is 1. The molecule has 1 aliphatic heterocycles. The second-order valence-corrected chi connectivity index (χ2v) is 6.04. The summed E-state index contributed by atoms with van der Waals surface area (Å²) in [5.41, 5.74) is 0. The zero-order chi connectivity index (χ0) is 13.7. The van der Waals surface area contributed by atoms with E-state index in [0.717, 1.165) is 48.2 Å². The molecule has 0 aliphatic carbocycles. The fraction of sp³-hybridized carbons (Fsp3) is 0.714. The summed E-state index contributed by atoms with van der Waals surface area (Å²) in [5, 5.41) is 3.25. The Labute approximate surface area is 124 Å². The van der Waals surface area contributed by atoms with E-state index < -0.39 is 0 Å². The van der Waals surface area contributed by atoms with Gasteiger partial charge in [-0.1, -0.05) is 20.3 Å². The molecule has 0 amide bonds. The number of hydrogen-bond acceptors (Lipinski definition) is 4. The van der Waals surface area contributed by atoms with Crippen LogP contribution in [0.5, 0.6) is 0 Å². The van der Waals surface area contributed by atoms with Crippen molar-refractivity contribution < 1.29 is 0 Å². The fourth-order valence-electron chi connectivity index (χ4n) is 2.57. The Morgan fingerprint density at radius 3 is 3.00 bits per heavy atom. The van der Waals surface area contributed by atoms with E-state index in [1.165, 1.54) is 19.3 Å². The largest absolute Gasteiger partial charge is 0.355 e. The minimum Gasteiger partial charge on any atom is -0.355 e. The van der Waals surface area contributed by atoms with E-state index in [9.17, 15) is 0 Å². The predicted molar refractivity (Wildman–Crippen MR) is 83.7 cm³/mol. The maximum atomic E-state index is 4.64. The third kappa shape index (κ3) is 3.81. The van der Waals surface area contributed by atoms with Gasteiger partial charge in [0.1, 0.15) is 5.82 Å². The molecule has 1 aromatic heterocycles. The van der Waals surface area contributed by atoms with Crippen LogP contribution in [0.2, 0.25) is 0 Å². The number of hydrogen-bond donors (Lipinski definition) is 1. The molecule has 0 saturated carbocycles. The van der Waals surface area contributed by atoms with Crippen molar-refractivity contribution in [3.8, 4) is 0 Å². The van der Waals surface area contributed by atoms with Crippen LogP contribution in [0.4, 0.5) is 11.8 Å². The van der Waals surface area contributed by atoms with Crippen LogP contribution < -0.4 is 10.2 Å². The van der Waals surface area contributed by atoms with E-state index in [-0.39, 0.29) is 0 Å². The lowest BCUT2D eigenvalue weighted by Gasteiger charge is -2.19. The van der Waals surface area contributed by atoms with Gasteiger partial charge in [-0.25, -0.2) is 4.98 Å². The molecule has 0 spiro atoms. The summed E-state index contributed by atoms with van der Waals surface area (Å²) in [4.78, 5) is 11.3. The molecular formula is C14H23BrN4. The summed E-state index contributed by atoms with van der Waals surface area (Å²) < 4.78 is 0.992. The van der Waals surface area contributed by atoms with Gasteiger partial charge in [0, 0.05) is 25.8 Å². The lowest BCUT2D eigenvalue weighted by Crippen LogP contribution is -2.22. The van der Waals surface area contributed by atoms with Gasteiger partial charge in [-0.3, -0.25) is 0 Å². The van der Waals surface area contributed by atoms with Gasteiger partial charge < -0.3 is 10.2 Å². The number of anilines is 2. The molecule has 106 valence electrons. The summed E-state index contributed by atoms with van der Waals surface area (Å²) in [5.74, 6) is 2.59. The normalized spacial score (nSPS) is 18.9. The maximum Gasteiger partial charge on any atom is 0.224 e. The van der Waals surface area contributed by atoms with Crippen molar-refractivity contribution in [3.05, 3.63) is 10.7 Å². The van der Waals surface area contributed by atoms with Crippen LogP contribution in [0.3, 0.4) is 0 Å². The Morgan fingerprint density at radius 2 is 2.26 bits per heavy atom. The molecule has 1 aliphatic rings.